The van der Waals surface area contributed by atoms with Crippen molar-refractivity contribution < 1.29 is 0 Å². The van der Waals surface area contributed by atoms with E-state index in [0.29, 0.717) is 0 Å². The van der Waals surface area contributed by atoms with Gasteiger partial charge in [-0.25, -0.2) is 0 Å². The van der Waals surface area contributed by atoms with Crippen LogP contribution in [-0.4, -0.2) is 9.55 Å². The van der Waals surface area contributed by atoms with E-state index in [1.165, 1.54) is 32.9 Å². The number of nitrogens with zero attached hydrogens (tertiary/aromatic N) is 3. The Labute approximate surface area is 256 Å². The van der Waals surface area contributed by atoms with Crippen LogP contribution in [0.2, 0.25) is 0 Å². The van der Waals surface area contributed by atoms with Crippen molar-refractivity contribution >= 4 is 38.9 Å². The first-order chi connectivity index (χ1) is 21.8. The minimum atomic E-state index is 1.09. The predicted molar refractivity (Wildman–Crippen MR) is 184 cm³/mol. The van der Waals surface area contributed by atoms with Crippen LogP contribution in [0.15, 0.2) is 176 Å². The molecule has 0 saturated carbocycles. The fourth-order valence-corrected chi connectivity index (χ4v) is 6.17. The Morgan fingerprint density at radius 2 is 0.841 bits per heavy atom. The van der Waals surface area contributed by atoms with Crippen LogP contribution in [0, 0.1) is 0 Å². The average Bonchev–Trinajstić information content (AvgIpc) is 3.45. The summed E-state index contributed by atoms with van der Waals surface area (Å²) in [7, 11) is 0. The monoisotopic (exact) mass is 563 g/mol. The molecule has 0 aliphatic rings. The van der Waals surface area contributed by atoms with Crippen molar-refractivity contribution in [3.8, 4) is 27.9 Å². The molecule has 0 unspecified atom stereocenters. The maximum atomic E-state index is 4.30. The third kappa shape index (κ3) is 4.61. The van der Waals surface area contributed by atoms with E-state index in [1.807, 2.05) is 18.5 Å². The predicted octanol–water partition coefficient (Wildman–Crippen LogP) is 11.0. The van der Waals surface area contributed by atoms with E-state index < -0.39 is 0 Å². The molecule has 2 heterocycles. The van der Waals surface area contributed by atoms with Gasteiger partial charge in [0, 0.05) is 45.9 Å². The summed E-state index contributed by atoms with van der Waals surface area (Å²) < 4.78 is 2.36. The van der Waals surface area contributed by atoms with Crippen LogP contribution in [0.25, 0.3) is 49.7 Å². The number of aromatic nitrogens is 2. The molecule has 0 N–H and O–H groups in total. The topological polar surface area (TPSA) is 21.1 Å². The van der Waals surface area contributed by atoms with Crippen molar-refractivity contribution in [1.82, 2.24) is 9.55 Å². The highest BCUT2D eigenvalue weighted by atomic mass is 15.1. The van der Waals surface area contributed by atoms with Gasteiger partial charge in [0.1, 0.15) is 0 Å². The smallest absolute Gasteiger partial charge is 0.0541 e. The molecule has 44 heavy (non-hydrogen) atoms. The van der Waals surface area contributed by atoms with Gasteiger partial charge in [-0.3, -0.25) is 4.98 Å². The van der Waals surface area contributed by atoms with Crippen molar-refractivity contribution in [1.29, 1.82) is 0 Å². The van der Waals surface area contributed by atoms with Gasteiger partial charge >= 0.3 is 0 Å². The van der Waals surface area contributed by atoms with Gasteiger partial charge in [0.15, 0.2) is 0 Å². The molecule has 2 aromatic heterocycles. The van der Waals surface area contributed by atoms with E-state index in [2.05, 4.69) is 172 Å². The van der Waals surface area contributed by atoms with E-state index in [9.17, 15) is 0 Å². The lowest BCUT2D eigenvalue weighted by atomic mass is 10.0. The second-order valence-corrected chi connectivity index (χ2v) is 10.9. The Balaban J connectivity index is 1.22. The molecular formula is C41H29N3. The minimum absolute atomic E-state index is 1.09. The number of fused-ring (bicyclic) bond motifs is 3. The van der Waals surface area contributed by atoms with E-state index in [0.717, 1.165) is 33.9 Å². The van der Waals surface area contributed by atoms with Gasteiger partial charge in [0.2, 0.25) is 0 Å². The van der Waals surface area contributed by atoms with Gasteiger partial charge in [-0.05, 0) is 89.0 Å². The zero-order chi connectivity index (χ0) is 29.3. The van der Waals surface area contributed by atoms with Crippen LogP contribution in [-0.2, 0) is 0 Å². The van der Waals surface area contributed by atoms with Crippen molar-refractivity contribution in [2.75, 3.05) is 4.90 Å². The Kier molecular flexibility index (Phi) is 6.47. The van der Waals surface area contributed by atoms with Crippen LogP contribution >= 0.6 is 0 Å². The number of hydrogen-bond donors (Lipinski definition) is 0. The molecule has 3 heteroatoms. The van der Waals surface area contributed by atoms with E-state index >= 15 is 0 Å². The van der Waals surface area contributed by atoms with Crippen LogP contribution in [0.1, 0.15) is 0 Å². The van der Waals surface area contributed by atoms with E-state index in [1.54, 1.807) is 0 Å². The number of benzene rings is 6. The fourth-order valence-electron chi connectivity index (χ4n) is 6.17. The molecule has 8 aromatic rings. The normalized spacial score (nSPS) is 11.2. The van der Waals surface area contributed by atoms with Crippen molar-refractivity contribution in [2.24, 2.45) is 0 Å². The third-order valence-corrected chi connectivity index (χ3v) is 8.30. The standard InChI is InChI=1S/C41H29N3/c1-2-9-30(10-3-1)31-16-20-34(21-17-31)43(35-22-18-32(19-23-35)33-11-8-28-42-29-33)36-24-26-37(27-25-36)44-40-14-6-4-12-38(40)39-13-5-7-15-41(39)44/h1-29H. The second-order valence-electron chi connectivity index (χ2n) is 10.9. The van der Waals surface area contributed by atoms with Crippen LogP contribution < -0.4 is 4.90 Å². The minimum Gasteiger partial charge on any atom is -0.311 e. The molecular weight excluding hydrogens is 534 g/mol. The molecule has 0 bridgehead atoms. The Hall–Kier alpha value is -5.93. The van der Waals surface area contributed by atoms with E-state index in [4.69, 9.17) is 0 Å². The number of hydrogen-bond acceptors (Lipinski definition) is 2. The average molecular weight is 564 g/mol. The maximum Gasteiger partial charge on any atom is 0.0541 e. The zero-order valence-electron chi connectivity index (χ0n) is 24.1. The van der Waals surface area contributed by atoms with Crippen LogP contribution in [0.3, 0.4) is 0 Å². The molecule has 6 aromatic carbocycles. The van der Waals surface area contributed by atoms with E-state index in [-0.39, 0.29) is 0 Å². The summed E-state index contributed by atoms with van der Waals surface area (Å²) in [6.45, 7) is 0. The first kappa shape index (κ1) is 25.8. The first-order valence-corrected chi connectivity index (χ1v) is 14.9. The highest BCUT2D eigenvalue weighted by molar-refractivity contribution is 6.09. The second kappa shape index (κ2) is 11.0. The first-order valence-electron chi connectivity index (χ1n) is 14.9. The molecule has 0 saturated heterocycles. The lowest BCUT2D eigenvalue weighted by Gasteiger charge is -2.26. The van der Waals surface area contributed by atoms with Gasteiger partial charge in [0.25, 0.3) is 0 Å². The molecule has 0 radical (unpaired) electrons. The molecule has 8 rings (SSSR count). The molecule has 0 fully saturated rings. The summed E-state index contributed by atoms with van der Waals surface area (Å²) in [4.78, 5) is 6.62. The summed E-state index contributed by atoms with van der Waals surface area (Å²) in [6, 6.07) is 58.3. The highest BCUT2D eigenvalue weighted by Gasteiger charge is 2.15. The fraction of sp³-hybridized carbons (Fsp3) is 0. The third-order valence-electron chi connectivity index (χ3n) is 8.30. The molecule has 0 atom stereocenters. The number of anilines is 3. The molecule has 0 spiro atoms. The van der Waals surface area contributed by atoms with Crippen molar-refractivity contribution in [2.45, 2.75) is 0 Å². The lowest BCUT2D eigenvalue weighted by molar-refractivity contribution is 1.17. The summed E-state index contributed by atoms with van der Waals surface area (Å²) in [5, 5.41) is 2.53. The van der Waals surface area contributed by atoms with Gasteiger partial charge in [0.05, 0.1) is 11.0 Å². The van der Waals surface area contributed by atoms with Crippen LogP contribution in [0.5, 0.6) is 0 Å². The summed E-state index contributed by atoms with van der Waals surface area (Å²) >= 11 is 0. The maximum absolute atomic E-state index is 4.30. The van der Waals surface area contributed by atoms with Gasteiger partial charge < -0.3 is 9.47 Å². The molecule has 208 valence electrons. The Morgan fingerprint density at radius 1 is 0.386 bits per heavy atom. The molecule has 3 nitrogen and oxygen atoms in total. The highest BCUT2D eigenvalue weighted by Crippen LogP contribution is 2.38. The molecule has 0 aliphatic carbocycles. The Morgan fingerprint density at radius 3 is 1.39 bits per heavy atom. The largest absolute Gasteiger partial charge is 0.311 e. The summed E-state index contributed by atoms with van der Waals surface area (Å²) in [5.74, 6) is 0. The molecule has 0 amide bonds. The molecule has 0 aliphatic heterocycles. The van der Waals surface area contributed by atoms with Gasteiger partial charge in [-0.15, -0.1) is 0 Å². The number of pyridine rings is 1. The van der Waals surface area contributed by atoms with Crippen molar-refractivity contribution in [3.05, 3.63) is 176 Å². The Bertz CT molecular complexity index is 2040. The quantitative estimate of drug-likeness (QED) is 0.201. The van der Waals surface area contributed by atoms with Crippen molar-refractivity contribution in [3.63, 3.8) is 0 Å². The zero-order valence-corrected chi connectivity index (χ0v) is 24.1. The van der Waals surface area contributed by atoms with Gasteiger partial charge in [-0.1, -0.05) is 97.1 Å². The SMILES string of the molecule is c1ccc(-c2ccc(N(c3ccc(-c4cccnc4)cc3)c3ccc(-n4c5ccccc5c5ccccc54)cc3)cc2)cc1. The van der Waals surface area contributed by atoms with Crippen LogP contribution in [0.4, 0.5) is 17.1 Å². The number of rotatable bonds is 6. The van der Waals surface area contributed by atoms with Gasteiger partial charge in [-0.2, -0.15) is 0 Å². The summed E-state index contributed by atoms with van der Waals surface area (Å²) in [6.07, 6.45) is 3.71. The summed E-state index contributed by atoms with van der Waals surface area (Å²) in [5.41, 5.74) is 11.5. The number of para-hydroxylation sites is 2. The lowest BCUT2D eigenvalue weighted by Crippen LogP contribution is -2.10.